The number of hydrogen-bond donors (Lipinski definition) is 0. The molecule has 76 valence electrons. The van der Waals surface area contributed by atoms with Crippen LogP contribution in [-0.4, -0.2) is 27.7 Å². The van der Waals surface area contributed by atoms with Crippen molar-refractivity contribution in [2.75, 3.05) is 7.11 Å². The number of methoxy groups -OCH3 is 1. The minimum Gasteiger partial charge on any atom is -0.465 e. The molecule has 2 aromatic heterocycles. The van der Waals surface area contributed by atoms with Crippen LogP contribution in [0.5, 0.6) is 0 Å². The highest BCUT2D eigenvalue weighted by atomic mass is 32.1. The largest absolute Gasteiger partial charge is 0.465 e. The van der Waals surface area contributed by atoms with Crippen LogP contribution in [0.1, 0.15) is 9.67 Å². The summed E-state index contributed by atoms with van der Waals surface area (Å²) in [6.07, 6.45) is 3.28. The molecule has 2 heterocycles. The summed E-state index contributed by atoms with van der Waals surface area (Å²) < 4.78 is 8.36. The Bertz CT molecular complexity index is 469. The van der Waals surface area contributed by atoms with Crippen molar-refractivity contribution < 1.29 is 9.53 Å². The first-order chi connectivity index (χ1) is 7.33. The van der Waals surface area contributed by atoms with Crippen LogP contribution in [0.15, 0.2) is 24.5 Å². The summed E-state index contributed by atoms with van der Waals surface area (Å²) in [5.41, 5.74) is 1.27. The molecule has 15 heavy (non-hydrogen) atoms. The normalized spacial score (nSPS) is 9.93. The number of carbonyl (C=O) groups excluding carboxylic acids is 1. The second kappa shape index (κ2) is 4.14. The maximum absolute atomic E-state index is 11.4. The monoisotopic (exact) mass is 221 g/mol. The smallest absolute Gasteiger partial charge is 0.352 e. The summed E-state index contributed by atoms with van der Waals surface area (Å²) >= 11 is 1.01. The molecule has 6 heteroatoms. The van der Waals surface area contributed by atoms with Crippen LogP contribution in [0.2, 0.25) is 0 Å². The summed E-state index contributed by atoms with van der Waals surface area (Å²) in [6, 6.07) is 3.59. The van der Waals surface area contributed by atoms with E-state index in [1.807, 2.05) is 6.07 Å². The lowest BCUT2D eigenvalue weighted by Crippen LogP contribution is -2.00. The van der Waals surface area contributed by atoms with Gasteiger partial charge in [0, 0.05) is 18.0 Å². The zero-order valence-corrected chi connectivity index (χ0v) is 8.69. The van der Waals surface area contributed by atoms with Crippen LogP contribution in [0.25, 0.3) is 11.3 Å². The number of esters is 1. The fourth-order valence-corrected chi connectivity index (χ4v) is 1.72. The molecular formula is C9H7N3O2S. The summed E-state index contributed by atoms with van der Waals surface area (Å²) in [6.45, 7) is 0. The first-order valence-electron chi connectivity index (χ1n) is 4.14. The van der Waals surface area contributed by atoms with E-state index >= 15 is 0 Å². The maximum Gasteiger partial charge on any atom is 0.352 e. The van der Waals surface area contributed by atoms with Gasteiger partial charge < -0.3 is 4.74 Å². The van der Waals surface area contributed by atoms with E-state index in [1.54, 1.807) is 18.5 Å². The Morgan fingerprint density at radius 2 is 2.40 bits per heavy atom. The Kier molecular flexibility index (Phi) is 2.68. The fourth-order valence-electron chi connectivity index (χ4n) is 1.11. The SMILES string of the molecule is COC(=O)c1snnc1-c1cccnc1. The third kappa shape index (κ3) is 1.84. The van der Waals surface area contributed by atoms with Gasteiger partial charge in [-0.05, 0) is 23.7 Å². The number of aromatic nitrogens is 3. The van der Waals surface area contributed by atoms with E-state index < -0.39 is 5.97 Å². The number of carbonyl (C=O) groups is 1. The summed E-state index contributed by atoms with van der Waals surface area (Å²) in [7, 11) is 1.33. The van der Waals surface area contributed by atoms with Gasteiger partial charge in [0.05, 0.1) is 7.11 Å². The molecule has 0 saturated carbocycles. The topological polar surface area (TPSA) is 65.0 Å². The summed E-state index contributed by atoms with van der Waals surface area (Å²) in [5, 5.41) is 3.88. The van der Waals surface area contributed by atoms with Gasteiger partial charge in [-0.15, -0.1) is 5.10 Å². The van der Waals surface area contributed by atoms with Gasteiger partial charge in [0.1, 0.15) is 5.69 Å². The van der Waals surface area contributed by atoms with Crippen LogP contribution in [0, 0.1) is 0 Å². The lowest BCUT2D eigenvalue weighted by molar-refractivity contribution is 0.0607. The van der Waals surface area contributed by atoms with Crippen molar-refractivity contribution >= 4 is 17.5 Å². The van der Waals surface area contributed by atoms with Gasteiger partial charge in [-0.2, -0.15) is 0 Å². The second-order valence-corrected chi connectivity index (χ2v) is 3.44. The third-order valence-electron chi connectivity index (χ3n) is 1.79. The molecule has 0 atom stereocenters. The van der Waals surface area contributed by atoms with E-state index in [0.717, 1.165) is 17.1 Å². The number of ether oxygens (including phenoxy) is 1. The highest BCUT2D eigenvalue weighted by molar-refractivity contribution is 7.08. The van der Waals surface area contributed by atoms with Gasteiger partial charge in [0.2, 0.25) is 0 Å². The number of hydrogen-bond acceptors (Lipinski definition) is 6. The molecule has 0 amide bonds. The average molecular weight is 221 g/mol. The van der Waals surface area contributed by atoms with Crippen LogP contribution in [0.4, 0.5) is 0 Å². The molecule has 0 bridgehead atoms. The fraction of sp³-hybridized carbons (Fsp3) is 0.111. The van der Waals surface area contributed by atoms with Crippen molar-refractivity contribution in [3.63, 3.8) is 0 Å². The highest BCUT2D eigenvalue weighted by Gasteiger charge is 2.17. The quantitative estimate of drug-likeness (QED) is 0.717. The Morgan fingerprint density at radius 3 is 3.07 bits per heavy atom. The number of nitrogens with zero attached hydrogens (tertiary/aromatic N) is 3. The molecule has 0 spiro atoms. The molecule has 0 aliphatic carbocycles. The van der Waals surface area contributed by atoms with Gasteiger partial charge in [0.15, 0.2) is 4.88 Å². The van der Waals surface area contributed by atoms with Gasteiger partial charge in [0.25, 0.3) is 0 Å². The van der Waals surface area contributed by atoms with Crippen LogP contribution in [-0.2, 0) is 4.74 Å². The van der Waals surface area contributed by atoms with E-state index in [1.165, 1.54) is 7.11 Å². The molecule has 5 nitrogen and oxygen atoms in total. The van der Waals surface area contributed by atoms with E-state index in [9.17, 15) is 4.79 Å². The van der Waals surface area contributed by atoms with Gasteiger partial charge in [-0.1, -0.05) is 4.49 Å². The Labute approximate surface area is 89.9 Å². The summed E-state index contributed by atoms with van der Waals surface area (Å²) in [5.74, 6) is -0.427. The van der Waals surface area contributed by atoms with Crippen molar-refractivity contribution in [2.45, 2.75) is 0 Å². The van der Waals surface area contributed by atoms with Crippen molar-refractivity contribution in [1.29, 1.82) is 0 Å². The molecule has 2 rings (SSSR count). The summed E-state index contributed by atoms with van der Waals surface area (Å²) in [4.78, 5) is 15.7. The van der Waals surface area contributed by atoms with Crippen LogP contribution in [0.3, 0.4) is 0 Å². The lowest BCUT2D eigenvalue weighted by Gasteiger charge is -1.98. The Hall–Kier alpha value is -1.82. The van der Waals surface area contributed by atoms with Gasteiger partial charge in [-0.3, -0.25) is 4.98 Å². The minimum atomic E-state index is -0.427. The van der Waals surface area contributed by atoms with Crippen molar-refractivity contribution in [3.8, 4) is 11.3 Å². The molecule has 0 aliphatic rings. The van der Waals surface area contributed by atoms with Crippen LogP contribution >= 0.6 is 11.5 Å². The Morgan fingerprint density at radius 1 is 1.53 bits per heavy atom. The average Bonchev–Trinajstić information content (AvgIpc) is 2.78. The van der Waals surface area contributed by atoms with E-state index in [-0.39, 0.29) is 0 Å². The van der Waals surface area contributed by atoms with Gasteiger partial charge >= 0.3 is 5.97 Å². The second-order valence-electron chi connectivity index (χ2n) is 2.68. The molecule has 0 aromatic carbocycles. The van der Waals surface area contributed by atoms with Crippen molar-refractivity contribution in [1.82, 2.24) is 14.6 Å². The molecule has 0 fully saturated rings. The van der Waals surface area contributed by atoms with E-state index in [4.69, 9.17) is 0 Å². The molecule has 0 unspecified atom stereocenters. The molecule has 0 aliphatic heterocycles. The van der Waals surface area contributed by atoms with Crippen molar-refractivity contribution in [3.05, 3.63) is 29.4 Å². The van der Waals surface area contributed by atoms with E-state index in [2.05, 4.69) is 19.3 Å². The predicted octanol–water partition coefficient (Wildman–Crippen LogP) is 1.39. The highest BCUT2D eigenvalue weighted by Crippen LogP contribution is 2.23. The Balaban J connectivity index is 2.46. The predicted molar refractivity (Wildman–Crippen MR) is 54.5 cm³/mol. The number of rotatable bonds is 2. The molecular weight excluding hydrogens is 214 g/mol. The standard InChI is InChI=1S/C9H7N3O2S/c1-14-9(13)8-7(11-12-15-8)6-3-2-4-10-5-6/h2-5H,1H3. The van der Waals surface area contributed by atoms with Gasteiger partial charge in [-0.25, -0.2) is 4.79 Å². The molecule has 0 radical (unpaired) electrons. The maximum atomic E-state index is 11.4. The zero-order chi connectivity index (χ0) is 10.7. The van der Waals surface area contributed by atoms with E-state index in [0.29, 0.717) is 10.6 Å². The zero-order valence-electron chi connectivity index (χ0n) is 7.88. The molecule has 2 aromatic rings. The molecule has 0 N–H and O–H groups in total. The lowest BCUT2D eigenvalue weighted by atomic mass is 10.2. The third-order valence-corrected chi connectivity index (χ3v) is 2.50. The molecule has 0 saturated heterocycles. The van der Waals surface area contributed by atoms with Crippen molar-refractivity contribution in [2.24, 2.45) is 0 Å². The first-order valence-corrected chi connectivity index (χ1v) is 4.91. The number of pyridine rings is 1. The first kappa shape index (κ1) is 9.72. The minimum absolute atomic E-state index is 0.394. The van der Waals surface area contributed by atoms with Crippen LogP contribution < -0.4 is 0 Å².